The quantitative estimate of drug-likeness (QED) is 0.645. The largest absolute Gasteiger partial charge is 0.494 e. The first-order chi connectivity index (χ1) is 12.5. The lowest BCUT2D eigenvalue weighted by atomic mass is 9.95. The minimum Gasteiger partial charge on any atom is -0.494 e. The smallest absolute Gasteiger partial charge is 0.243 e. The fourth-order valence-corrected chi connectivity index (χ4v) is 2.46. The molecule has 2 aromatic carbocycles. The second-order valence-corrected chi connectivity index (χ2v) is 5.95. The molecule has 0 fully saturated rings. The third-order valence-electron chi connectivity index (χ3n) is 4.01. The van der Waals surface area contributed by atoms with Crippen LogP contribution in [0, 0.1) is 5.92 Å². The monoisotopic (exact) mass is 391 g/mol. The number of anilines is 1. The van der Waals surface area contributed by atoms with Crippen LogP contribution in [0.1, 0.15) is 25.5 Å². The van der Waals surface area contributed by atoms with Crippen LogP contribution in [0.2, 0.25) is 0 Å². The van der Waals surface area contributed by atoms with Crippen LogP contribution in [0.4, 0.5) is 5.69 Å². The van der Waals surface area contributed by atoms with Crippen LogP contribution in [-0.4, -0.2) is 25.0 Å². The molecule has 0 aliphatic heterocycles. The normalized spacial score (nSPS) is 12.3. The predicted octanol–water partition coefficient (Wildman–Crippen LogP) is 2.90. The van der Waals surface area contributed by atoms with E-state index < -0.39 is 12.0 Å². The van der Waals surface area contributed by atoms with E-state index in [2.05, 4.69) is 10.6 Å². The van der Waals surface area contributed by atoms with Gasteiger partial charge in [-0.25, -0.2) is 0 Å². The number of benzene rings is 2. The van der Waals surface area contributed by atoms with Crippen LogP contribution in [0.25, 0.3) is 0 Å². The van der Waals surface area contributed by atoms with Crippen LogP contribution < -0.4 is 21.1 Å². The zero-order valence-corrected chi connectivity index (χ0v) is 16.3. The van der Waals surface area contributed by atoms with E-state index in [-0.39, 0.29) is 30.8 Å². The highest BCUT2D eigenvalue weighted by atomic mass is 35.5. The van der Waals surface area contributed by atoms with E-state index in [4.69, 9.17) is 10.5 Å². The number of rotatable bonds is 8. The molecule has 0 radical (unpaired) electrons. The average Bonchev–Trinajstić information content (AvgIpc) is 2.67. The highest BCUT2D eigenvalue weighted by Crippen LogP contribution is 2.19. The standard InChI is InChI=1S/C20H25N3O3.ClH/c1-3-26-17-11-9-16(10-12-17)23-18(24)13-22-20(25)14(2)19(21)15-7-5-4-6-8-15;/h4-12,14,19H,3,13,21H2,1-2H3,(H,22,25)(H,23,24);1H. The Morgan fingerprint density at radius 2 is 1.70 bits per heavy atom. The molecule has 0 saturated carbocycles. The molecule has 2 atom stereocenters. The van der Waals surface area contributed by atoms with E-state index in [1.165, 1.54) is 0 Å². The molecular weight excluding hydrogens is 366 g/mol. The summed E-state index contributed by atoms with van der Waals surface area (Å²) in [5.41, 5.74) is 7.66. The van der Waals surface area contributed by atoms with Gasteiger partial charge in [-0.15, -0.1) is 12.4 Å². The van der Waals surface area contributed by atoms with Gasteiger partial charge in [0.15, 0.2) is 0 Å². The van der Waals surface area contributed by atoms with Gasteiger partial charge in [-0.05, 0) is 36.8 Å². The molecule has 0 heterocycles. The van der Waals surface area contributed by atoms with Gasteiger partial charge < -0.3 is 21.1 Å². The molecule has 0 aliphatic rings. The summed E-state index contributed by atoms with van der Waals surface area (Å²) in [7, 11) is 0. The summed E-state index contributed by atoms with van der Waals surface area (Å²) in [5, 5.41) is 5.36. The van der Waals surface area contributed by atoms with Crippen LogP contribution in [-0.2, 0) is 9.59 Å². The Morgan fingerprint density at radius 3 is 2.30 bits per heavy atom. The fraction of sp³-hybridized carbons (Fsp3) is 0.300. The number of nitrogens with two attached hydrogens (primary N) is 1. The van der Waals surface area contributed by atoms with E-state index in [0.29, 0.717) is 12.3 Å². The molecule has 2 rings (SSSR count). The molecule has 146 valence electrons. The lowest BCUT2D eigenvalue weighted by Crippen LogP contribution is -2.39. The first kappa shape index (κ1) is 22.5. The Hall–Kier alpha value is -2.57. The summed E-state index contributed by atoms with van der Waals surface area (Å²) < 4.78 is 5.35. The third-order valence-corrected chi connectivity index (χ3v) is 4.01. The molecule has 0 aliphatic carbocycles. The van der Waals surface area contributed by atoms with Crippen molar-refractivity contribution in [1.82, 2.24) is 5.32 Å². The summed E-state index contributed by atoms with van der Waals surface area (Å²) in [5.74, 6) is -0.274. The van der Waals surface area contributed by atoms with Crippen molar-refractivity contribution in [2.45, 2.75) is 19.9 Å². The molecule has 4 N–H and O–H groups in total. The molecule has 0 aromatic heterocycles. The summed E-state index contributed by atoms with van der Waals surface area (Å²) in [6.45, 7) is 4.12. The SMILES string of the molecule is CCOc1ccc(NC(=O)CNC(=O)C(C)C(N)c2ccccc2)cc1.Cl. The summed E-state index contributed by atoms with van der Waals surface area (Å²) in [6, 6.07) is 16.0. The van der Waals surface area contributed by atoms with Crippen molar-refractivity contribution < 1.29 is 14.3 Å². The van der Waals surface area contributed by atoms with Gasteiger partial charge in [0.25, 0.3) is 0 Å². The topological polar surface area (TPSA) is 93.5 Å². The van der Waals surface area contributed by atoms with Crippen LogP contribution in [0.15, 0.2) is 54.6 Å². The fourth-order valence-electron chi connectivity index (χ4n) is 2.46. The maximum Gasteiger partial charge on any atom is 0.243 e. The van der Waals surface area contributed by atoms with E-state index in [9.17, 15) is 9.59 Å². The molecule has 27 heavy (non-hydrogen) atoms. The number of ether oxygens (including phenoxy) is 1. The first-order valence-corrected chi connectivity index (χ1v) is 8.62. The highest BCUT2D eigenvalue weighted by Gasteiger charge is 2.22. The number of carbonyl (C=O) groups is 2. The van der Waals surface area contributed by atoms with Gasteiger partial charge in [0.2, 0.25) is 11.8 Å². The molecule has 2 amide bonds. The van der Waals surface area contributed by atoms with Gasteiger partial charge in [-0.2, -0.15) is 0 Å². The molecule has 0 saturated heterocycles. The number of amides is 2. The number of halogens is 1. The number of hydrogen-bond donors (Lipinski definition) is 3. The molecular formula is C20H26ClN3O3. The summed E-state index contributed by atoms with van der Waals surface area (Å²) in [6.07, 6.45) is 0. The third kappa shape index (κ3) is 6.92. The van der Waals surface area contributed by atoms with Gasteiger partial charge in [0.05, 0.1) is 19.1 Å². The molecule has 6 nitrogen and oxygen atoms in total. The maximum absolute atomic E-state index is 12.2. The first-order valence-electron chi connectivity index (χ1n) is 8.62. The predicted molar refractivity (Wildman–Crippen MR) is 109 cm³/mol. The van der Waals surface area contributed by atoms with Crippen molar-refractivity contribution in [3.8, 4) is 5.75 Å². The van der Waals surface area contributed by atoms with Crippen LogP contribution >= 0.6 is 12.4 Å². The summed E-state index contributed by atoms with van der Waals surface area (Å²) in [4.78, 5) is 24.2. The Kier molecular flexibility index (Phi) is 9.33. The number of hydrogen-bond acceptors (Lipinski definition) is 4. The van der Waals surface area contributed by atoms with Crippen molar-refractivity contribution in [1.29, 1.82) is 0 Å². The Morgan fingerprint density at radius 1 is 1.07 bits per heavy atom. The van der Waals surface area contributed by atoms with Crippen LogP contribution in [0.3, 0.4) is 0 Å². The van der Waals surface area contributed by atoms with Gasteiger partial charge in [-0.3, -0.25) is 9.59 Å². The van der Waals surface area contributed by atoms with E-state index >= 15 is 0 Å². The van der Waals surface area contributed by atoms with Crippen LogP contribution in [0.5, 0.6) is 5.75 Å². The van der Waals surface area contributed by atoms with E-state index in [0.717, 1.165) is 11.3 Å². The minimum atomic E-state index is -0.448. The van der Waals surface area contributed by atoms with Crippen molar-refractivity contribution in [3.05, 3.63) is 60.2 Å². The Balaban J connectivity index is 0.00000364. The number of nitrogens with one attached hydrogen (secondary N) is 2. The zero-order chi connectivity index (χ0) is 18.9. The lowest BCUT2D eigenvalue weighted by Gasteiger charge is -2.19. The van der Waals surface area contributed by atoms with Gasteiger partial charge in [-0.1, -0.05) is 37.3 Å². The highest BCUT2D eigenvalue weighted by molar-refractivity contribution is 5.94. The Bertz CT molecular complexity index is 723. The second-order valence-electron chi connectivity index (χ2n) is 5.95. The molecule has 2 unspecified atom stereocenters. The van der Waals surface area contributed by atoms with Crippen molar-refractivity contribution >= 4 is 29.9 Å². The molecule has 7 heteroatoms. The Labute approximate surface area is 165 Å². The van der Waals surface area contributed by atoms with Gasteiger partial charge in [0, 0.05) is 11.7 Å². The lowest BCUT2D eigenvalue weighted by molar-refractivity contribution is -0.127. The van der Waals surface area contributed by atoms with E-state index in [1.807, 2.05) is 37.3 Å². The maximum atomic E-state index is 12.2. The minimum absolute atomic E-state index is 0. The van der Waals surface area contributed by atoms with Gasteiger partial charge >= 0.3 is 0 Å². The average molecular weight is 392 g/mol. The number of carbonyl (C=O) groups excluding carboxylic acids is 2. The van der Waals surface area contributed by atoms with Crippen molar-refractivity contribution in [2.75, 3.05) is 18.5 Å². The van der Waals surface area contributed by atoms with E-state index in [1.54, 1.807) is 31.2 Å². The van der Waals surface area contributed by atoms with Gasteiger partial charge in [0.1, 0.15) is 5.75 Å². The molecule has 0 spiro atoms. The second kappa shape index (κ2) is 11.2. The zero-order valence-electron chi connectivity index (χ0n) is 15.5. The molecule has 0 bridgehead atoms. The molecule has 2 aromatic rings. The summed E-state index contributed by atoms with van der Waals surface area (Å²) >= 11 is 0. The van der Waals surface area contributed by atoms with Crippen molar-refractivity contribution in [2.24, 2.45) is 11.7 Å². The van der Waals surface area contributed by atoms with Crippen molar-refractivity contribution in [3.63, 3.8) is 0 Å².